The summed E-state index contributed by atoms with van der Waals surface area (Å²) in [5.41, 5.74) is 4.41. The first-order valence-corrected chi connectivity index (χ1v) is 3.67. The van der Waals surface area contributed by atoms with E-state index in [-0.39, 0.29) is 23.4 Å². The highest BCUT2D eigenvalue weighted by Gasteiger charge is 2.21. The van der Waals surface area contributed by atoms with Gasteiger partial charge in [-0.1, -0.05) is 0 Å². The molecule has 1 rings (SSSR count). The van der Waals surface area contributed by atoms with Crippen molar-refractivity contribution in [2.24, 2.45) is 0 Å². The average molecular weight is 202 g/mol. The summed E-state index contributed by atoms with van der Waals surface area (Å²) in [5.74, 6) is -0.197. The largest absolute Gasteiger partial charge is 0.494 e. The Balaban J connectivity index is 3.43. The zero-order chi connectivity index (χ0) is 10.7. The first-order valence-electron chi connectivity index (χ1n) is 3.67. The van der Waals surface area contributed by atoms with Crippen molar-refractivity contribution < 1.29 is 18.3 Å². The summed E-state index contributed by atoms with van der Waals surface area (Å²) in [4.78, 5) is 13.9. The maximum Gasteiger partial charge on any atom is 0.269 e. The Morgan fingerprint density at radius 2 is 2.29 bits per heavy atom. The smallest absolute Gasteiger partial charge is 0.269 e. The summed E-state index contributed by atoms with van der Waals surface area (Å²) in [6, 6.07) is 0. The van der Waals surface area contributed by atoms with E-state index in [1.807, 2.05) is 0 Å². The number of nitrogen functional groups attached to an aromatic ring is 1. The number of methoxy groups -OCH3 is 1. The van der Waals surface area contributed by atoms with Gasteiger partial charge in [-0.25, -0.2) is 8.78 Å². The topological polar surface area (TPSA) is 65.2 Å². The number of ether oxygens (including phenoxy) is 1. The van der Waals surface area contributed by atoms with E-state index in [0.29, 0.717) is 0 Å². The molecule has 0 spiro atoms. The van der Waals surface area contributed by atoms with Crippen LogP contribution in [0.2, 0.25) is 0 Å². The molecule has 76 valence electrons. The number of nitrogens with zero attached hydrogens (tertiary/aromatic N) is 1. The van der Waals surface area contributed by atoms with E-state index >= 15 is 0 Å². The number of hydrogen-bond donors (Lipinski definition) is 1. The van der Waals surface area contributed by atoms with Crippen molar-refractivity contribution in [3.63, 3.8) is 0 Å². The SMILES string of the molecule is COc1c(N)cnc(C=O)c1C(F)F. The highest BCUT2D eigenvalue weighted by atomic mass is 19.3. The van der Waals surface area contributed by atoms with Crippen LogP contribution in [0.3, 0.4) is 0 Å². The maximum absolute atomic E-state index is 12.5. The van der Waals surface area contributed by atoms with Crippen LogP contribution in [0, 0.1) is 0 Å². The predicted octanol–water partition coefficient (Wildman–Crippen LogP) is 1.42. The molecule has 0 bridgehead atoms. The van der Waals surface area contributed by atoms with E-state index in [2.05, 4.69) is 9.72 Å². The minimum Gasteiger partial charge on any atom is -0.494 e. The Morgan fingerprint density at radius 3 is 2.71 bits per heavy atom. The average Bonchev–Trinajstić information content (AvgIpc) is 2.17. The molecular weight excluding hydrogens is 194 g/mol. The lowest BCUT2D eigenvalue weighted by Crippen LogP contribution is -2.04. The third kappa shape index (κ3) is 1.63. The molecule has 0 atom stereocenters. The standard InChI is InChI=1S/C8H8F2N2O2/c1-14-7-4(11)2-12-5(3-13)6(7)8(9)10/h2-3,8H,11H2,1H3. The number of nitrogens with two attached hydrogens (primary N) is 1. The van der Waals surface area contributed by atoms with Gasteiger partial charge in [0.25, 0.3) is 6.43 Å². The van der Waals surface area contributed by atoms with Crippen molar-refractivity contribution >= 4 is 12.0 Å². The molecular formula is C8H8F2N2O2. The number of pyridine rings is 1. The van der Waals surface area contributed by atoms with Gasteiger partial charge in [-0.3, -0.25) is 9.78 Å². The number of carbonyl (C=O) groups is 1. The van der Waals surface area contributed by atoms with Gasteiger partial charge in [0.15, 0.2) is 12.0 Å². The van der Waals surface area contributed by atoms with Gasteiger partial charge in [0.05, 0.1) is 24.6 Å². The molecule has 1 aromatic rings. The molecule has 0 unspecified atom stereocenters. The Kier molecular flexibility index (Phi) is 2.95. The molecule has 1 aromatic heterocycles. The van der Waals surface area contributed by atoms with Crippen molar-refractivity contribution in [2.45, 2.75) is 6.43 Å². The lowest BCUT2D eigenvalue weighted by molar-refractivity contribution is 0.109. The molecule has 0 aliphatic carbocycles. The summed E-state index contributed by atoms with van der Waals surface area (Å²) in [6.07, 6.45) is -1.50. The van der Waals surface area contributed by atoms with Gasteiger partial charge >= 0.3 is 0 Å². The fraction of sp³-hybridized carbons (Fsp3) is 0.250. The normalized spacial score (nSPS) is 10.3. The van der Waals surface area contributed by atoms with Gasteiger partial charge in [0.2, 0.25) is 0 Å². The molecule has 0 aliphatic heterocycles. The highest BCUT2D eigenvalue weighted by Crippen LogP contribution is 2.34. The van der Waals surface area contributed by atoms with Crippen molar-refractivity contribution in [1.29, 1.82) is 0 Å². The van der Waals surface area contributed by atoms with Gasteiger partial charge in [0.1, 0.15) is 5.69 Å². The Hall–Kier alpha value is -1.72. The summed E-state index contributed by atoms with van der Waals surface area (Å²) >= 11 is 0. The second-order valence-electron chi connectivity index (χ2n) is 2.46. The van der Waals surface area contributed by atoms with Crippen LogP contribution in [-0.4, -0.2) is 18.4 Å². The first kappa shape index (κ1) is 10.4. The molecule has 14 heavy (non-hydrogen) atoms. The monoisotopic (exact) mass is 202 g/mol. The van der Waals surface area contributed by atoms with Crippen molar-refractivity contribution in [2.75, 3.05) is 12.8 Å². The highest BCUT2D eigenvalue weighted by molar-refractivity contribution is 5.78. The number of rotatable bonds is 3. The van der Waals surface area contributed by atoms with Crippen LogP contribution in [0.25, 0.3) is 0 Å². The summed E-state index contributed by atoms with van der Waals surface area (Å²) < 4.78 is 29.7. The van der Waals surface area contributed by atoms with Gasteiger partial charge in [-0.15, -0.1) is 0 Å². The lowest BCUT2D eigenvalue weighted by Gasteiger charge is -2.11. The first-order chi connectivity index (χ1) is 6.61. The fourth-order valence-electron chi connectivity index (χ4n) is 1.07. The number of aromatic nitrogens is 1. The van der Waals surface area contributed by atoms with E-state index in [1.165, 1.54) is 7.11 Å². The lowest BCUT2D eigenvalue weighted by atomic mass is 10.1. The van der Waals surface area contributed by atoms with E-state index in [4.69, 9.17) is 5.73 Å². The summed E-state index contributed by atoms with van der Waals surface area (Å²) in [6.45, 7) is 0. The van der Waals surface area contributed by atoms with Crippen LogP contribution in [-0.2, 0) is 0 Å². The molecule has 1 heterocycles. The molecule has 0 saturated carbocycles. The number of anilines is 1. The molecule has 0 aliphatic rings. The summed E-state index contributed by atoms with van der Waals surface area (Å²) in [7, 11) is 1.20. The van der Waals surface area contributed by atoms with Gasteiger partial charge < -0.3 is 10.5 Å². The number of hydrogen-bond acceptors (Lipinski definition) is 4. The predicted molar refractivity (Wildman–Crippen MR) is 45.5 cm³/mol. The molecule has 4 nitrogen and oxygen atoms in total. The van der Waals surface area contributed by atoms with E-state index in [0.717, 1.165) is 6.20 Å². The third-order valence-corrected chi connectivity index (χ3v) is 1.66. The number of alkyl halides is 2. The quantitative estimate of drug-likeness (QED) is 0.753. The van der Waals surface area contributed by atoms with E-state index in [1.54, 1.807) is 0 Å². The Morgan fingerprint density at radius 1 is 1.64 bits per heavy atom. The molecule has 0 radical (unpaired) electrons. The molecule has 2 N–H and O–H groups in total. The minimum atomic E-state index is -2.85. The fourth-order valence-corrected chi connectivity index (χ4v) is 1.07. The molecule has 0 aromatic carbocycles. The molecule has 0 fully saturated rings. The van der Waals surface area contributed by atoms with Crippen LogP contribution < -0.4 is 10.5 Å². The molecule has 0 amide bonds. The van der Waals surface area contributed by atoms with E-state index in [9.17, 15) is 13.6 Å². The summed E-state index contributed by atoms with van der Waals surface area (Å²) in [5, 5.41) is 0. The van der Waals surface area contributed by atoms with Gasteiger partial charge in [-0.05, 0) is 0 Å². The Labute approximate surface area is 78.7 Å². The minimum absolute atomic E-state index is 0.0200. The van der Waals surface area contributed by atoms with Gasteiger partial charge in [-0.2, -0.15) is 0 Å². The maximum atomic E-state index is 12.5. The van der Waals surface area contributed by atoms with E-state index < -0.39 is 12.0 Å². The third-order valence-electron chi connectivity index (χ3n) is 1.66. The second-order valence-corrected chi connectivity index (χ2v) is 2.46. The van der Waals surface area contributed by atoms with Crippen molar-refractivity contribution in [1.82, 2.24) is 4.98 Å². The van der Waals surface area contributed by atoms with Crippen LogP contribution in [0.1, 0.15) is 22.5 Å². The second kappa shape index (κ2) is 3.99. The van der Waals surface area contributed by atoms with Crippen LogP contribution in [0.4, 0.5) is 14.5 Å². The molecule has 0 saturated heterocycles. The van der Waals surface area contributed by atoms with Gasteiger partial charge in [0, 0.05) is 0 Å². The van der Waals surface area contributed by atoms with Crippen molar-refractivity contribution in [3.05, 3.63) is 17.5 Å². The number of carbonyl (C=O) groups excluding carboxylic acids is 1. The van der Waals surface area contributed by atoms with Crippen LogP contribution in [0.15, 0.2) is 6.20 Å². The molecule has 6 heteroatoms. The van der Waals surface area contributed by atoms with Crippen molar-refractivity contribution in [3.8, 4) is 5.75 Å². The number of aldehydes is 1. The van der Waals surface area contributed by atoms with Crippen LogP contribution in [0.5, 0.6) is 5.75 Å². The number of halogens is 2. The zero-order valence-electron chi connectivity index (χ0n) is 7.33. The zero-order valence-corrected chi connectivity index (χ0v) is 7.33. The Bertz CT molecular complexity index is 355. The van der Waals surface area contributed by atoms with Crippen LogP contribution >= 0.6 is 0 Å².